The van der Waals surface area contributed by atoms with Gasteiger partial charge in [-0.3, -0.25) is 0 Å². The summed E-state index contributed by atoms with van der Waals surface area (Å²) in [5.74, 6) is 1.01. The predicted octanol–water partition coefficient (Wildman–Crippen LogP) is 6.83. The highest BCUT2D eigenvalue weighted by molar-refractivity contribution is 5.27. The lowest BCUT2D eigenvalue weighted by molar-refractivity contribution is 0.304. The van der Waals surface area contributed by atoms with Crippen LogP contribution in [0.3, 0.4) is 0 Å². The molecule has 0 aliphatic rings. The quantitative estimate of drug-likeness (QED) is 0.304. The van der Waals surface area contributed by atoms with Gasteiger partial charge in [0, 0.05) is 6.54 Å². The zero-order valence-corrected chi connectivity index (χ0v) is 17.1. The number of ether oxygens (including phenoxy) is 1. The van der Waals surface area contributed by atoms with Crippen LogP contribution in [0.25, 0.3) is 0 Å². The van der Waals surface area contributed by atoms with E-state index in [4.69, 9.17) is 4.74 Å². The van der Waals surface area contributed by atoms with Crippen molar-refractivity contribution in [3.8, 4) is 5.75 Å². The standard InChI is InChI=1S/C23H41NO/c1-4-5-6-7-8-9-10-11-12-13-14-15-20-25-23-18-16-22(17-19-23)21-24(2)3/h16-19H,4-15,20-21H2,1-3H3. The summed E-state index contributed by atoms with van der Waals surface area (Å²) in [6.45, 7) is 4.12. The molecule has 1 rings (SSSR count). The molecule has 0 N–H and O–H groups in total. The van der Waals surface area contributed by atoms with Crippen molar-refractivity contribution in [1.82, 2.24) is 4.90 Å². The molecule has 25 heavy (non-hydrogen) atoms. The Morgan fingerprint density at radius 3 is 1.64 bits per heavy atom. The molecule has 0 spiro atoms. The number of nitrogens with zero attached hydrogens (tertiary/aromatic N) is 1. The Morgan fingerprint density at radius 2 is 1.16 bits per heavy atom. The second-order valence-electron chi connectivity index (χ2n) is 7.62. The minimum absolute atomic E-state index is 0.852. The van der Waals surface area contributed by atoms with E-state index in [1.54, 1.807) is 0 Å². The first-order valence-electron chi connectivity index (χ1n) is 10.6. The third-order valence-electron chi connectivity index (χ3n) is 4.69. The zero-order chi connectivity index (χ0) is 18.2. The molecule has 0 aliphatic carbocycles. The van der Waals surface area contributed by atoms with E-state index in [1.165, 1.54) is 82.6 Å². The maximum atomic E-state index is 5.84. The summed E-state index contributed by atoms with van der Waals surface area (Å²) in [7, 11) is 4.19. The summed E-state index contributed by atoms with van der Waals surface area (Å²) in [5.41, 5.74) is 1.34. The molecular formula is C23H41NO. The number of hydrogen-bond donors (Lipinski definition) is 0. The SMILES string of the molecule is CCCCCCCCCCCCCCOc1ccc(CN(C)C)cc1. The fraction of sp³-hybridized carbons (Fsp3) is 0.739. The maximum Gasteiger partial charge on any atom is 0.119 e. The summed E-state index contributed by atoms with van der Waals surface area (Å²) in [6.07, 6.45) is 16.6. The smallest absolute Gasteiger partial charge is 0.119 e. The van der Waals surface area contributed by atoms with E-state index in [-0.39, 0.29) is 0 Å². The first-order valence-corrected chi connectivity index (χ1v) is 10.6. The Balaban J connectivity index is 1.88. The molecular weight excluding hydrogens is 306 g/mol. The maximum absolute atomic E-state index is 5.84. The van der Waals surface area contributed by atoms with Crippen molar-refractivity contribution in [3.63, 3.8) is 0 Å². The average Bonchev–Trinajstić information content (AvgIpc) is 2.60. The van der Waals surface area contributed by atoms with Crippen LogP contribution in [-0.2, 0) is 6.54 Å². The Kier molecular flexibility index (Phi) is 13.4. The molecule has 0 aliphatic heterocycles. The van der Waals surface area contributed by atoms with Gasteiger partial charge in [0.15, 0.2) is 0 Å². The van der Waals surface area contributed by atoms with Gasteiger partial charge in [-0.25, -0.2) is 0 Å². The Bertz CT molecular complexity index is 399. The fourth-order valence-corrected chi connectivity index (χ4v) is 3.19. The van der Waals surface area contributed by atoms with Crippen molar-refractivity contribution in [2.45, 2.75) is 90.5 Å². The van der Waals surface area contributed by atoms with Crippen molar-refractivity contribution in [2.24, 2.45) is 0 Å². The van der Waals surface area contributed by atoms with Crippen LogP contribution in [0.2, 0.25) is 0 Å². The minimum Gasteiger partial charge on any atom is -0.494 e. The van der Waals surface area contributed by atoms with Crippen molar-refractivity contribution < 1.29 is 4.74 Å². The number of benzene rings is 1. The molecule has 0 unspecified atom stereocenters. The number of rotatable bonds is 16. The summed E-state index contributed by atoms with van der Waals surface area (Å²) in [6, 6.07) is 8.52. The van der Waals surface area contributed by atoms with Gasteiger partial charge in [-0.1, -0.05) is 89.7 Å². The van der Waals surface area contributed by atoms with Crippen molar-refractivity contribution in [3.05, 3.63) is 29.8 Å². The van der Waals surface area contributed by atoms with Crippen LogP contribution in [-0.4, -0.2) is 25.6 Å². The molecule has 0 bridgehead atoms. The molecule has 1 aromatic carbocycles. The Hall–Kier alpha value is -1.02. The Labute approximate surface area is 157 Å². The lowest BCUT2D eigenvalue weighted by atomic mass is 10.1. The molecule has 0 atom stereocenters. The van der Waals surface area contributed by atoms with E-state index in [9.17, 15) is 0 Å². The molecule has 0 amide bonds. The summed E-state index contributed by atoms with van der Waals surface area (Å²) >= 11 is 0. The van der Waals surface area contributed by atoms with Gasteiger partial charge < -0.3 is 9.64 Å². The van der Waals surface area contributed by atoms with Crippen LogP contribution in [0.4, 0.5) is 0 Å². The highest BCUT2D eigenvalue weighted by atomic mass is 16.5. The van der Waals surface area contributed by atoms with E-state index in [0.29, 0.717) is 0 Å². The Morgan fingerprint density at radius 1 is 0.680 bits per heavy atom. The molecule has 1 aromatic rings. The average molecular weight is 348 g/mol. The van der Waals surface area contributed by atoms with Crippen LogP contribution >= 0.6 is 0 Å². The molecule has 0 fully saturated rings. The molecule has 0 saturated heterocycles. The van der Waals surface area contributed by atoms with Gasteiger partial charge in [0.05, 0.1) is 6.61 Å². The predicted molar refractivity (Wildman–Crippen MR) is 110 cm³/mol. The van der Waals surface area contributed by atoms with Crippen LogP contribution < -0.4 is 4.74 Å². The van der Waals surface area contributed by atoms with Crippen molar-refractivity contribution >= 4 is 0 Å². The lowest BCUT2D eigenvalue weighted by Crippen LogP contribution is -2.10. The molecule has 144 valence electrons. The fourth-order valence-electron chi connectivity index (χ4n) is 3.19. The summed E-state index contributed by atoms with van der Waals surface area (Å²) in [4.78, 5) is 2.18. The summed E-state index contributed by atoms with van der Waals surface area (Å²) in [5, 5.41) is 0. The van der Waals surface area contributed by atoms with Gasteiger partial charge in [0.2, 0.25) is 0 Å². The summed E-state index contributed by atoms with van der Waals surface area (Å²) < 4.78 is 5.84. The first kappa shape index (κ1) is 22.0. The minimum atomic E-state index is 0.852. The van der Waals surface area contributed by atoms with Gasteiger partial charge in [-0.2, -0.15) is 0 Å². The molecule has 0 heterocycles. The van der Waals surface area contributed by atoms with Gasteiger partial charge in [-0.15, -0.1) is 0 Å². The van der Waals surface area contributed by atoms with Crippen molar-refractivity contribution in [1.29, 1.82) is 0 Å². The van der Waals surface area contributed by atoms with E-state index in [1.807, 2.05) is 0 Å². The monoisotopic (exact) mass is 347 g/mol. The largest absolute Gasteiger partial charge is 0.494 e. The second-order valence-corrected chi connectivity index (χ2v) is 7.62. The first-order chi connectivity index (χ1) is 12.2. The molecule has 0 radical (unpaired) electrons. The third-order valence-corrected chi connectivity index (χ3v) is 4.69. The third kappa shape index (κ3) is 12.9. The topological polar surface area (TPSA) is 12.5 Å². The van der Waals surface area contributed by atoms with E-state index in [2.05, 4.69) is 50.2 Å². The molecule has 2 heteroatoms. The van der Waals surface area contributed by atoms with E-state index >= 15 is 0 Å². The van der Waals surface area contributed by atoms with Gasteiger partial charge in [-0.05, 0) is 38.2 Å². The van der Waals surface area contributed by atoms with Crippen LogP contribution in [0.5, 0.6) is 5.75 Å². The lowest BCUT2D eigenvalue weighted by Gasteiger charge is -2.11. The highest BCUT2D eigenvalue weighted by Crippen LogP contribution is 2.15. The van der Waals surface area contributed by atoms with Crippen LogP contribution in [0.1, 0.15) is 89.5 Å². The van der Waals surface area contributed by atoms with Crippen molar-refractivity contribution in [2.75, 3.05) is 20.7 Å². The number of unbranched alkanes of at least 4 members (excludes halogenated alkanes) is 11. The van der Waals surface area contributed by atoms with Crippen LogP contribution in [0.15, 0.2) is 24.3 Å². The van der Waals surface area contributed by atoms with E-state index < -0.39 is 0 Å². The van der Waals surface area contributed by atoms with Gasteiger partial charge >= 0.3 is 0 Å². The number of hydrogen-bond acceptors (Lipinski definition) is 2. The second kappa shape index (κ2) is 15.3. The van der Waals surface area contributed by atoms with Gasteiger partial charge in [0.25, 0.3) is 0 Å². The van der Waals surface area contributed by atoms with Crippen LogP contribution in [0, 0.1) is 0 Å². The highest BCUT2D eigenvalue weighted by Gasteiger charge is 1.98. The van der Waals surface area contributed by atoms with E-state index in [0.717, 1.165) is 18.9 Å². The normalized spacial score (nSPS) is 11.2. The molecule has 0 saturated carbocycles. The molecule has 2 nitrogen and oxygen atoms in total. The molecule has 0 aromatic heterocycles. The zero-order valence-electron chi connectivity index (χ0n) is 17.1. The van der Waals surface area contributed by atoms with Gasteiger partial charge in [0.1, 0.15) is 5.75 Å².